The van der Waals surface area contributed by atoms with Gasteiger partial charge in [-0.1, -0.05) is 13.8 Å². The number of urea groups is 1. The number of carboxylic acid groups (broad SMARTS) is 1. The maximum Gasteiger partial charge on any atom is 0.326 e. The Kier molecular flexibility index (Phi) is 4.52. The lowest BCUT2D eigenvalue weighted by atomic mass is 9.92. The number of aliphatic carboxylic acids is 1. The van der Waals surface area contributed by atoms with E-state index in [1.807, 2.05) is 13.8 Å². The highest BCUT2D eigenvalue weighted by atomic mass is 16.4. The molecule has 0 radical (unpaired) electrons. The number of rotatable bonds is 2. The van der Waals surface area contributed by atoms with Crippen LogP contribution in [0.4, 0.5) is 4.79 Å². The zero-order chi connectivity index (χ0) is 14.9. The summed E-state index contributed by atoms with van der Waals surface area (Å²) in [5, 5.41) is 18.8. The molecule has 2 amide bonds. The third-order valence-electron chi connectivity index (χ3n) is 4.71. The molecule has 0 aliphatic carbocycles. The van der Waals surface area contributed by atoms with Crippen molar-refractivity contribution < 1.29 is 19.8 Å². The quantitative estimate of drug-likeness (QED) is 0.792. The molecule has 0 bridgehead atoms. The van der Waals surface area contributed by atoms with Gasteiger partial charge < -0.3 is 20.0 Å². The third kappa shape index (κ3) is 2.75. The van der Waals surface area contributed by atoms with Gasteiger partial charge in [-0.15, -0.1) is 0 Å². The van der Waals surface area contributed by atoms with Crippen molar-refractivity contribution >= 4 is 12.0 Å². The number of aliphatic hydroxyl groups is 1. The molecular formula is C14H24N2O4. The fourth-order valence-corrected chi connectivity index (χ4v) is 3.29. The fraction of sp³-hybridized carbons (Fsp3) is 0.857. The van der Waals surface area contributed by atoms with E-state index in [2.05, 4.69) is 0 Å². The number of likely N-dealkylation sites (tertiary alicyclic amines) is 2. The van der Waals surface area contributed by atoms with E-state index >= 15 is 0 Å². The first-order valence-corrected chi connectivity index (χ1v) is 7.36. The molecule has 0 aromatic rings. The summed E-state index contributed by atoms with van der Waals surface area (Å²) >= 11 is 0. The minimum atomic E-state index is -0.933. The van der Waals surface area contributed by atoms with Crippen LogP contribution in [-0.4, -0.2) is 63.8 Å². The van der Waals surface area contributed by atoms with E-state index in [0.717, 1.165) is 12.8 Å². The predicted octanol–water partition coefficient (Wildman–Crippen LogP) is 0.994. The topological polar surface area (TPSA) is 81.1 Å². The number of carbonyl (C=O) groups excluding carboxylic acids is 1. The summed E-state index contributed by atoms with van der Waals surface area (Å²) in [7, 11) is 0. The van der Waals surface area contributed by atoms with E-state index in [9.17, 15) is 19.8 Å². The average molecular weight is 284 g/mol. The lowest BCUT2D eigenvalue weighted by Gasteiger charge is -2.39. The zero-order valence-electron chi connectivity index (χ0n) is 12.2. The maximum absolute atomic E-state index is 12.6. The predicted molar refractivity (Wildman–Crippen MR) is 73.3 cm³/mol. The van der Waals surface area contributed by atoms with Crippen LogP contribution in [0.3, 0.4) is 0 Å². The lowest BCUT2D eigenvalue weighted by molar-refractivity contribution is -0.144. The second kappa shape index (κ2) is 5.99. The molecule has 2 fully saturated rings. The Morgan fingerprint density at radius 3 is 2.40 bits per heavy atom. The minimum Gasteiger partial charge on any atom is -0.480 e. The third-order valence-corrected chi connectivity index (χ3v) is 4.71. The standard InChI is InChI=1S/C14H24N2O4/c1-9-3-5-15(11(7-9)13(18)19)14(20)16-6-4-10(2)12(16)8-17/h9-12,17H,3-8H2,1-2H3,(H,18,19). The Morgan fingerprint density at radius 1 is 1.15 bits per heavy atom. The first-order chi connectivity index (χ1) is 9.45. The van der Waals surface area contributed by atoms with E-state index in [1.54, 1.807) is 4.90 Å². The van der Waals surface area contributed by atoms with Crippen LogP contribution in [0, 0.1) is 11.8 Å². The molecule has 4 atom stereocenters. The maximum atomic E-state index is 12.6. The van der Waals surface area contributed by atoms with Gasteiger partial charge in [0, 0.05) is 13.1 Å². The second-order valence-electron chi connectivity index (χ2n) is 6.17. The number of nitrogens with zero attached hydrogens (tertiary/aromatic N) is 2. The molecule has 0 spiro atoms. The lowest BCUT2D eigenvalue weighted by Crippen LogP contribution is -2.56. The molecule has 0 aromatic carbocycles. The van der Waals surface area contributed by atoms with Gasteiger partial charge >= 0.3 is 12.0 Å². The Morgan fingerprint density at radius 2 is 1.80 bits per heavy atom. The number of carboxylic acids is 1. The molecule has 2 aliphatic heterocycles. The summed E-state index contributed by atoms with van der Waals surface area (Å²) in [6.07, 6.45) is 2.20. The molecule has 4 unspecified atom stereocenters. The summed E-state index contributed by atoms with van der Waals surface area (Å²) in [5.74, 6) is -0.347. The number of amides is 2. The van der Waals surface area contributed by atoms with E-state index in [1.165, 1.54) is 4.90 Å². The largest absolute Gasteiger partial charge is 0.480 e. The van der Waals surface area contributed by atoms with Gasteiger partial charge in [-0.25, -0.2) is 9.59 Å². The second-order valence-corrected chi connectivity index (χ2v) is 6.17. The van der Waals surface area contributed by atoms with Crippen molar-refractivity contribution in [3.8, 4) is 0 Å². The highest BCUT2D eigenvalue weighted by Crippen LogP contribution is 2.29. The molecule has 0 saturated carbocycles. The SMILES string of the molecule is CC1CCN(C(=O)N2CCC(C)C2CO)C(C(=O)O)C1. The van der Waals surface area contributed by atoms with E-state index in [4.69, 9.17) is 0 Å². The summed E-state index contributed by atoms with van der Waals surface area (Å²) in [5.41, 5.74) is 0. The van der Waals surface area contributed by atoms with Crippen molar-refractivity contribution in [1.29, 1.82) is 0 Å². The van der Waals surface area contributed by atoms with Crippen LogP contribution < -0.4 is 0 Å². The molecule has 2 saturated heterocycles. The Balaban J connectivity index is 2.12. The first-order valence-electron chi connectivity index (χ1n) is 7.36. The van der Waals surface area contributed by atoms with Gasteiger partial charge in [0.05, 0.1) is 12.6 Å². The van der Waals surface area contributed by atoms with Crippen molar-refractivity contribution in [2.75, 3.05) is 19.7 Å². The number of piperidine rings is 1. The van der Waals surface area contributed by atoms with Crippen LogP contribution in [0.1, 0.15) is 33.1 Å². The van der Waals surface area contributed by atoms with Gasteiger partial charge in [-0.2, -0.15) is 0 Å². The highest BCUT2D eigenvalue weighted by molar-refractivity contribution is 5.83. The minimum absolute atomic E-state index is 0.0606. The number of carbonyl (C=O) groups is 2. The highest BCUT2D eigenvalue weighted by Gasteiger charge is 2.41. The van der Waals surface area contributed by atoms with Gasteiger partial charge in [0.1, 0.15) is 6.04 Å². The van der Waals surface area contributed by atoms with E-state index in [0.29, 0.717) is 25.4 Å². The van der Waals surface area contributed by atoms with Crippen LogP contribution in [0.25, 0.3) is 0 Å². The zero-order valence-corrected chi connectivity index (χ0v) is 12.2. The van der Waals surface area contributed by atoms with Gasteiger partial charge in [-0.3, -0.25) is 0 Å². The van der Waals surface area contributed by atoms with Gasteiger partial charge in [0.25, 0.3) is 0 Å². The van der Waals surface area contributed by atoms with Crippen LogP contribution in [0.5, 0.6) is 0 Å². The van der Waals surface area contributed by atoms with Gasteiger partial charge in [0.15, 0.2) is 0 Å². The van der Waals surface area contributed by atoms with Crippen molar-refractivity contribution in [2.24, 2.45) is 11.8 Å². The first kappa shape index (κ1) is 15.1. The Labute approximate surface area is 119 Å². The molecule has 2 aliphatic rings. The molecule has 20 heavy (non-hydrogen) atoms. The fourth-order valence-electron chi connectivity index (χ4n) is 3.29. The number of hydrogen-bond donors (Lipinski definition) is 2. The van der Waals surface area contributed by atoms with E-state index < -0.39 is 12.0 Å². The normalized spacial score (nSPS) is 34.4. The number of hydrogen-bond acceptors (Lipinski definition) is 3. The summed E-state index contributed by atoms with van der Waals surface area (Å²) in [6.45, 7) is 5.06. The Bertz CT molecular complexity index is 387. The van der Waals surface area contributed by atoms with Gasteiger partial charge in [0.2, 0.25) is 0 Å². The summed E-state index contributed by atoms with van der Waals surface area (Å²) < 4.78 is 0. The Hall–Kier alpha value is -1.30. The van der Waals surface area contributed by atoms with Crippen LogP contribution in [-0.2, 0) is 4.79 Å². The van der Waals surface area contributed by atoms with E-state index in [-0.39, 0.29) is 24.6 Å². The number of aliphatic hydroxyl groups excluding tert-OH is 1. The molecule has 114 valence electrons. The summed E-state index contributed by atoms with van der Waals surface area (Å²) in [4.78, 5) is 27.1. The van der Waals surface area contributed by atoms with Crippen molar-refractivity contribution in [3.63, 3.8) is 0 Å². The van der Waals surface area contributed by atoms with Crippen molar-refractivity contribution in [3.05, 3.63) is 0 Å². The molecule has 6 heteroatoms. The van der Waals surface area contributed by atoms with Crippen LogP contribution >= 0.6 is 0 Å². The van der Waals surface area contributed by atoms with Crippen molar-refractivity contribution in [2.45, 2.75) is 45.2 Å². The van der Waals surface area contributed by atoms with Crippen LogP contribution in [0.15, 0.2) is 0 Å². The molecule has 2 heterocycles. The molecular weight excluding hydrogens is 260 g/mol. The molecule has 2 rings (SSSR count). The molecule has 0 aromatic heterocycles. The summed E-state index contributed by atoms with van der Waals surface area (Å²) in [6, 6.07) is -1.15. The van der Waals surface area contributed by atoms with Crippen molar-refractivity contribution in [1.82, 2.24) is 9.80 Å². The smallest absolute Gasteiger partial charge is 0.326 e. The molecule has 2 N–H and O–H groups in total. The molecule has 6 nitrogen and oxygen atoms in total. The van der Waals surface area contributed by atoms with Crippen LogP contribution in [0.2, 0.25) is 0 Å². The monoisotopic (exact) mass is 284 g/mol. The van der Waals surface area contributed by atoms with Gasteiger partial charge in [-0.05, 0) is 31.1 Å². The average Bonchev–Trinajstić information content (AvgIpc) is 2.78.